The fourth-order valence-corrected chi connectivity index (χ4v) is 2.19. The molecule has 0 aromatic rings. The van der Waals surface area contributed by atoms with Gasteiger partial charge < -0.3 is 0 Å². The summed E-state index contributed by atoms with van der Waals surface area (Å²) in [7, 11) is 0. The Kier molecular flexibility index (Phi) is 2.57. The minimum Gasteiger partial charge on any atom is -0.298 e. The first kappa shape index (κ1) is 9.72. The third-order valence-corrected chi connectivity index (χ3v) is 3.08. The predicted octanol–water partition coefficient (Wildman–Crippen LogP) is 1.84. The molecular formula is C10H19NO. The van der Waals surface area contributed by atoms with Gasteiger partial charge in [0.2, 0.25) is 0 Å². The summed E-state index contributed by atoms with van der Waals surface area (Å²) in [5.41, 5.74) is -0.172. The summed E-state index contributed by atoms with van der Waals surface area (Å²) < 4.78 is 0. The maximum atomic E-state index is 11.4. The van der Waals surface area contributed by atoms with E-state index in [0.717, 1.165) is 19.4 Å². The Morgan fingerprint density at radius 1 is 1.50 bits per heavy atom. The second-order valence-corrected chi connectivity index (χ2v) is 4.22. The van der Waals surface area contributed by atoms with Crippen LogP contribution in [-0.4, -0.2) is 28.8 Å². The van der Waals surface area contributed by atoms with Crippen LogP contribution in [0, 0.1) is 0 Å². The summed E-state index contributed by atoms with van der Waals surface area (Å²) in [6.07, 6.45) is 2.19. The van der Waals surface area contributed by atoms with Crippen LogP contribution in [0.5, 0.6) is 0 Å². The van der Waals surface area contributed by atoms with E-state index in [-0.39, 0.29) is 5.54 Å². The van der Waals surface area contributed by atoms with Gasteiger partial charge in [0, 0.05) is 6.04 Å². The Morgan fingerprint density at radius 2 is 2.08 bits per heavy atom. The van der Waals surface area contributed by atoms with Crippen LogP contribution >= 0.6 is 0 Å². The third kappa shape index (κ3) is 1.40. The number of hydrogen-bond acceptors (Lipinski definition) is 2. The van der Waals surface area contributed by atoms with Gasteiger partial charge in [-0.2, -0.15) is 0 Å². The second-order valence-electron chi connectivity index (χ2n) is 4.22. The lowest BCUT2D eigenvalue weighted by Crippen LogP contribution is -2.49. The Morgan fingerprint density at radius 3 is 2.42 bits per heavy atom. The fraction of sp³-hybridized carbons (Fsp3) is 0.900. The summed E-state index contributed by atoms with van der Waals surface area (Å²) in [6.45, 7) is 9.18. The molecule has 0 bridgehead atoms. The number of ketones is 1. The number of hydrogen-bond donors (Lipinski definition) is 0. The molecule has 0 saturated carbocycles. The van der Waals surface area contributed by atoms with Crippen LogP contribution in [0.3, 0.4) is 0 Å². The molecule has 0 N–H and O–H groups in total. The standard InChI is InChI=1S/C10H19NO/c1-8(2)11-7-5-6-10(11,4)9(3)12/h8H,5-7H2,1-4H3/t10-/m1/s1. The molecule has 0 unspecified atom stereocenters. The molecule has 1 heterocycles. The molecule has 2 heteroatoms. The predicted molar refractivity (Wildman–Crippen MR) is 50.2 cm³/mol. The zero-order chi connectivity index (χ0) is 9.35. The normalized spacial score (nSPS) is 31.4. The monoisotopic (exact) mass is 169 g/mol. The molecule has 12 heavy (non-hydrogen) atoms. The van der Waals surface area contributed by atoms with Crippen molar-refractivity contribution in [1.29, 1.82) is 0 Å². The van der Waals surface area contributed by atoms with Gasteiger partial charge in [-0.25, -0.2) is 0 Å². The highest BCUT2D eigenvalue weighted by Gasteiger charge is 2.41. The maximum Gasteiger partial charge on any atom is 0.149 e. The smallest absolute Gasteiger partial charge is 0.149 e. The van der Waals surface area contributed by atoms with Crippen molar-refractivity contribution < 1.29 is 4.79 Å². The van der Waals surface area contributed by atoms with E-state index in [9.17, 15) is 4.79 Å². The Bertz CT molecular complexity index is 188. The molecule has 1 saturated heterocycles. The minimum atomic E-state index is -0.172. The molecule has 0 aromatic carbocycles. The molecule has 0 radical (unpaired) electrons. The average molecular weight is 169 g/mol. The quantitative estimate of drug-likeness (QED) is 0.628. The minimum absolute atomic E-state index is 0.172. The van der Waals surface area contributed by atoms with Gasteiger partial charge >= 0.3 is 0 Å². The first-order valence-corrected chi connectivity index (χ1v) is 4.76. The van der Waals surface area contributed by atoms with E-state index in [2.05, 4.69) is 25.7 Å². The highest BCUT2D eigenvalue weighted by atomic mass is 16.1. The molecule has 1 fully saturated rings. The van der Waals surface area contributed by atoms with Crippen LogP contribution in [0.25, 0.3) is 0 Å². The van der Waals surface area contributed by atoms with Crippen molar-refractivity contribution in [2.45, 2.75) is 52.1 Å². The van der Waals surface area contributed by atoms with Gasteiger partial charge in [-0.05, 0) is 47.1 Å². The highest BCUT2D eigenvalue weighted by Crippen LogP contribution is 2.31. The molecular weight excluding hydrogens is 150 g/mol. The Labute approximate surface area is 74.9 Å². The lowest BCUT2D eigenvalue weighted by molar-refractivity contribution is -0.127. The molecule has 1 aliphatic heterocycles. The number of rotatable bonds is 2. The van der Waals surface area contributed by atoms with Crippen molar-refractivity contribution in [1.82, 2.24) is 4.90 Å². The Hall–Kier alpha value is -0.370. The van der Waals surface area contributed by atoms with Gasteiger partial charge in [0.1, 0.15) is 5.78 Å². The average Bonchev–Trinajstić information content (AvgIpc) is 2.32. The molecule has 0 spiro atoms. The van der Waals surface area contributed by atoms with Crippen molar-refractivity contribution in [3.63, 3.8) is 0 Å². The zero-order valence-electron chi connectivity index (χ0n) is 8.55. The third-order valence-electron chi connectivity index (χ3n) is 3.08. The van der Waals surface area contributed by atoms with Crippen molar-refractivity contribution in [3.05, 3.63) is 0 Å². The molecule has 70 valence electrons. The molecule has 2 nitrogen and oxygen atoms in total. The molecule has 1 atom stereocenters. The highest BCUT2D eigenvalue weighted by molar-refractivity contribution is 5.86. The van der Waals surface area contributed by atoms with Gasteiger partial charge in [-0.1, -0.05) is 0 Å². The summed E-state index contributed by atoms with van der Waals surface area (Å²) in [6, 6.07) is 0.487. The fourth-order valence-electron chi connectivity index (χ4n) is 2.19. The van der Waals surface area contributed by atoms with E-state index in [0.29, 0.717) is 11.8 Å². The van der Waals surface area contributed by atoms with E-state index in [1.807, 2.05) is 0 Å². The Balaban J connectivity index is 2.81. The van der Waals surface area contributed by atoms with Gasteiger partial charge in [0.25, 0.3) is 0 Å². The second kappa shape index (κ2) is 3.17. The number of carbonyl (C=O) groups excluding carboxylic acids is 1. The molecule has 0 aliphatic carbocycles. The van der Waals surface area contributed by atoms with Crippen LogP contribution in [0.4, 0.5) is 0 Å². The summed E-state index contributed by atoms with van der Waals surface area (Å²) >= 11 is 0. The van der Waals surface area contributed by atoms with Crippen LogP contribution in [-0.2, 0) is 4.79 Å². The van der Waals surface area contributed by atoms with E-state index < -0.39 is 0 Å². The van der Waals surface area contributed by atoms with Gasteiger partial charge in [0.05, 0.1) is 5.54 Å². The lowest BCUT2D eigenvalue weighted by atomic mass is 9.93. The van der Waals surface area contributed by atoms with Crippen molar-refractivity contribution in [2.75, 3.05) is 6.54 Å². The van der Waals surface area contributed by atoms with Crippen molar-refractivity contribution in [3.8, 4) is 0 Å². The molecule has 0 amide bonds. The lowest BCUT2D eigenvalue weighted by Gasteiger charge is -2.35. The first-order valence-electron chi connectivity index (χ1n) is 4.76. The summed E-state index contributed by atoms with van der Waals surface area (Å²) in [4.78, 5) is 13.8. The number of likely N-dealkylation sites (tertiary alicyclic amines) is 1. The van der Waals surface area contributed by atoms with E-state index >= 15 is 0 Å². The molecule has 1 rings (SSSR count). The SMILES string of the molecule is CC(=O)[C@@]1(C)CCCN1C(C)C. The van der Waals surface area contributed by atoms with E-state index in [1.165, 1.54) is 0 Å². The molecule has 0 aromatic heterocycles. The van der Waals surface area contributed by atoms with Crippen LogP contribution in [0.2, 0.25) is 0 Å². The van der Waals surface area contributed by atoms with Crippen molar-refractivity contribution >= 4 is 5.78 Å². The maximum absolute atomic E-state index is 11.4. The van der Waals surface area contributed by atoms with E-state index in [1.54, 1.807) is 6.92 Å². The van der Waals surface area contributed by atoms with Crippen molar-refractivity contribution in [2.24, 2.45) is 0 Å². The van der Waals surface area contributed by atoms with Gasteiger partial charge in [-0.3, -0.25) is 9.69 Å². The first-order chi connectivity index (χ1) is 5.48. The zero-order valence-corrected chi connectivity index (χ0v) is 8.55. The van der Waals surface area contributed by atoms with Crippen LogP contribution in [0.15, 0.2) is 0 Å². The number of Topliss-reactive ketones (excluding diaryl/α,β-unsaturated/α-hetero) is 1. The van der Waals surface area contributed by atoms with Crippen LogP contribution < -0.4 is 0 Å². The topological polar surface area (TPSA) is 20.3 Å². The number of nitrogens with zero attached hydrogens (tertiary/aromatic N) is 1. The summed E-state index contributed by atoms with van der Waals surface area (Å²) in [5.74, 6) is 0.314. The number of carbonyl (C=O) groups is 1. The van der Waals surface area contributed by atoms with Gasteiger partial charge in [-0.15, -0.1) is 0 Å². The summed E-state index contributed by atoms with van der Waals surface area (Å²) in [5, 5.41) is 0. The van der Waals surface area contributed by atoms with Gasteiger partial charge in [0.15, 0.2) is 0 Å². The largest absolute Gasteiger partial charge is 0.298 e. The van der Waals surface area contributed by atoms with E-state index in [4.69, 9.17) is 0 Å². The molecule has 1 aliphatic rings. The van der Waals surface area contributed by atoms with Crippen LogP contribution in [0.1, 0.15) is 40.5 Å².